The van der Waals surface area contributed by atoms with Gasteiger partial charge >= 0.3 is 0 Å². The summed E-state index contributed by atoms with van der Waals surface area (Å²) in [6.07, 6.45) is 5.39. The first-order chi connectivity index (χ1) is 16.3. The number of aromatic nitrogens is 1. The van der Waals surface area contributed by atoms with Gasteiger partial charge in [0.15, 0.2) is 11.5 Å². The van der Waals surface area contributed by atoms with Gasteiger partial charge in [0.1, 0.15) is 11.6 Å². The highest BCUT2D eigenvalue weighted by Crippen LogP contribution is 2.35. The third-order valence-corrected chi connectivity index (χ3v) is 7.27. The molecule has 0 bridgehead atoms. The average molecular weight is 475 g/mol. The average Bonchev–Trinajstić information content (AvgIpc) is 3.48. The molecule has 1 aromatic carbocycles. The zero-order chi connectivity index (χ0) is 24.4. The zero-order valence-electron chi connectivity index (χ0n) is 19.9. The summed E-state index contributed by atoms with van der Waals surface area (Å²) in [5.41, 5.74) is 0.00279. The second-order valence-corrected chi connectivity index (χ2v) is 9.57. The molecule has 7 nitrogen and oxygen atoms in total. The minimum absolute atomic E-state index is 0.0148. The third-order valence-electron chi connectivity index (χ3n) is 7.27. The van der Waals surface area contributed by atoms with Gasteiger partial charge in [0.05, 0.1) is 11.5 Å². The van der Waals surface area contributed by atoms with Crippen molar-refractivity contribution in [2.75, 3.05) is 27.2 Å². The molecule has 1 aromatic heterocycles. The Bertz CT molecular complexity index is 1040. The van der Waals surface area contributed by atoms with Crippen molar-refractivity contribution >= 4 is 11.8 Å². The van der Waals surface area contributed by atoms with E-state index in [2.05, 4.69) is 22.3 Å². The van der Waals surface area contributed by atoms with Crippen molar-refractivity contribution in [3.63, 3.8) is 0 Å². The number of halogens is 2. The van der Waals surface area contributed by atoms with E-state index in [-0.39, 0.29) is 34.9 Å². The maximum atomic E-state index is 14.1. The molecule has 34 heavy (non-hydrogen) atoms. The van der Waals surface area contributed by atoms with Crippen LogP contribution in [0.25, 0.3) is 11.3 Å². The molecule has 1 N–H and O–H groups in total. The molecule has 1 aliphatic carbocycles. The minimum atomic E-state index is -0.801. The third kappa shape index (κ3) is 4.99. The first-order valence-corrected chi connectivity index (χ1v) is 12.0. The van der Waals surface area contributed by atoms with Gasteiger partial charge in [-0.15, -0.1) is 0 Å². The number of benzene rings is 1. The van der Waals surface area contributed by atoms with Crippen LogP contribution in [0.5, 0.6) is 0 Å². The summed E-state index contributed by atoms with van der Waals surface area (Å²) in [5.74, 6) is -1.69. The fourth-order valence-corrected chi connectivity index (χ4v) is 5.45. The number of nitrogens with zero attached hydrogens (tertiary/aromatic N) is 3. The quantitative estimate of drug-likeness (QED) is 0.691. The van der Waals surface area contributed by atoms with Gasteiger partial charge in [-0.3, -0.25) is 14.5 Å². The predicted molar refractivity (Wildman–Crippen MR) is 123 cm³/mol. The SMILES string of the molecule is CC[C@H]1CCC[C@@H]1N1CC[C@@H](NC(=O)c2cc(-c3ccc(F)cc3F)on2)[C@H](C(=O)N(C)C)C1. The largest absolute Gasteiger partial charge is 0.355 e. The number of likely N-dealkylation sites (tertiary alicyclic amines) is 1. The van der Waals surface area contributed by atoms with Gasteiger partial charge in [-0.05, 0) is 37.3 Å². The van der Waals surface area contributed by atoms with E-state index in [9.17, 15) is 18.4 Å². The molecule has 2 heterocycles. The number of nitrogens with one attached hydrogen (secondary N) is 1. The lowest BCUT2D eigenvalue weighted by Gasteiger charge is -2.43. The zero-order valence-corrected chi connectivity index (χ0v) is 19.9. The second kappa shape index (κ2) is 10.2. The van der Waals surface area contributed by atoms with Crippen LogP contribution in [0.1, 0.15) is 49.5 Å². The fraction of sp³-hybridized carbons (Fsp3) is 0.560. The lowest BCUT2D eigenvalue weighted by Crippen LogP contribution is -2.58. The number of hydrogen-bond acceptors (Lipinski definition) is 5. The summed E-state index contributed by atoms with van der Waals surface area (Å²) >= 11 is 0. The van der Waals surface area contributed by atoms with Crippen molar-refractivity contribution in [3.8, 4) is 11.3 Å². The molecule has 0 spiro atoms. The van der Waals surface area contributed by atoms with Crippen molar-refractivity contribution in [2.45, 2.75) is 51.1 Å². The van der Waals surface area contributed by atoms with E-state index in [0.717, 1.165) is 31.5 Å². The molecule has 4 atom stereocenters. The van der Waals surface area contributed by atoms with Crippen molar-refractivity contribution in [2.24, 2.45) is 11.8 Å². The van der Waals surface area contributed by atoms with Gasteiger partial charge in [0.2, 0.25) is 5.91 Å². The monoisotopic (exact) mass is 474 g/mol. The number of piperidine rings is 1. The highest BCUT2D eigenvalue weighted by Gasteiger charge is 2.41. The number of carbonyl (C=O) groups excluding carboxylic acids is 2. The molecule has 0 radical (unpaired) electrons. The van der Waals surface area contributed by atoms with E-state index >= 15 is 0 Å². The number of carbonyl (C=O) groups is 2. The van der Waals surface area contributed by atoms with Gasteiger partial charge < -0.3 is 14.7 Å². The minimum Gasteiger partial charge on any atom is -0.355 e. The number of amides is 2. The molecule has 1 saturated carbocycles. The predicted octanol–water partition coefficient (Wildman–Crippen LogP) is 3.71. The van der Waals surface area contributed by atoms with Crippen molar-refractivity contribution in [3.05, 3.63) is 41.6 Å². The molecule has 2 aromatic rings. The van der Waals surface area contributed by atoms with Crippen LogP contribution >= 0.6 is 0 Å². The first-order valence-electron chi connectivity index (χ1n) is 12.0. The maximum Gasteiger partial charge on any atom is 0.273 e. The Morgan fingerprint density at radius 2 is 2.00 bits per heavy atom. The summed E-state index contributed by atoms with van der Waals surface area (Å²) in [5, 5.41) is 6.73. The highest BCUT2D eigenvalue weighted by molar-refractivity contribution is 5.94. The standard InChI is InChI=1S/C25H32F2N4O3/c1-4-15-6-5-7-22(15)31-11-10-20(18(14-31)25(33)30(2)3)28-24(32)21-13-23(34-29-21)17-9-8-16(26)12-19(17)27/h8-9,12-13,15,18,20,22H,4-7,10-11,14H2,1-3H3,(H,28,32)/t15-,18+,20+,22-/m0/s1. The lowest BCUT2D eigenvalue weighted by atomic mass is 9.88. The van der Waals surface area contributed by atoms with Gasteiger partial charge in [-0.1, -0.05) is 24.9 Å². The Balaban J connectivity index is 1.48. The van der Waals surface area contributed by atoms with Crippen LogP contribution in [-0.4, -0.2) is 66.0 Å². The Hall–Kier alpha value is -2.81. The Labute approximate surface area is 198 Å². The fourth-order valence-electron chi connectivity index (χ4n) is 5.45. The summed E-state index contributed by atoms with van der Waals surface area (Å²) in [6, 6.07) is 4.57. The lowest BCUT2D eigenvalue weighted by molar-refractivity contribution is -0.136. The van der Waals surface area contributed by atoms with E-state index in [4.69, 9.17) is 4.52 Å². The molecular weight excluding hydrogens is 442 g/mol. The molecule has 2 amide bonds. The second-order valence-electron chi connectivity index (χ2n) is 9.57. The normalized spacial score (nSPS) is 25.3. The number of rotatable bonds is 6. The highest BCUT2D eigenvalue weighted by atomic mass is 19.1. The summed E-state index contributed by atoms with van der Waals surface area (Å²) in [4.78, 5) is 30.0. The Morgan fingerprint density at radius 1 is 1.21 bits per heavy atom. The van der Waals surface area contributed by atoms with Gasteiger partial charge in [-0.2, -0.15) is 0 Å². The van der Waals surface area contributed by atoms with Crippen LogP contribution in [0.2, 0.25) is 0 Å². The van der Waals surface area contributed by atoms with E-state index in [1.54, 1.807) is 19.0 Å². The van der Waals surface area contributed by atoms with Crippen LogP contribution < -0.4 is 5.32 Å². The van der Waals surface area contributed by atoms with Crippen LogP contribution in [0.15, 0.2) is 28.8 Å². The van der Waals surface area contributed by atoms with Gasteiger partial charge in [-0.25, -0.2) is 8.78 Å². The van der Waals surface area contributed by atoms with E-state index < -0.39 is 17.5 Å². The van der Waals surface area contributed by atoms with Crippen molar-refractivity contribution < 1.29 is 22.9 Å². The van der Waals surface area contributed by atoms with E-state index in [1.807, 2.05) is 0 Å². The molecule has 1 saturated heterocycles. The van der Waals surface area contributed by atoms with Crippen LogP contribution in [0, 0.1) is 23.5 Å². The molecular formula is C25H32F2N4O3. The van der Waals surface area contributed by atoms with Crippen molar-refractivity contribution in [1.29, 1.82) is 0 Å². The van der Waals surface area contributed by atoms with Crippen molar-refractivity contribution in [1.82, 2.24) is 20.3 Å². The topological polar surface area (TPSA) is 78.7 Å². The maximum absolute atomic E-state index is 14.1. The number of hydrogen-bond donors (Lipinski definition) is 1. The Kier molecular flexibility index (Phi) is 7.30. The van der Waals surface area contributed by atoms with Gasteiger partial charge in [0.25, 0.3) is 5.91 Å². The van der Waals surface area contributed by atoms with Crippen LogP contribution in [0.4, 0.5) is 8.78 Å². The van der Waals surface area contributed by atoms with Crippen LogP contribution in [-0.2, 0) is 4.79 Å². The molecule has 2 fully saturated rings. The molecule has 9 heteroatoms. The first kappa shape index (κ1) is 24.3. The molecule has 0 unspecified atom stereocenters. The summed E-state index contributed by atoms with van der Waals surface area (Å²) in [6.45, 7) is 3.64. The smallest absolute Gasteiger partial charge is 0.273 e. The Morgan fingerprint density at radius 3 is 2.71 bits per heavy atom. The van der Waals surface area contributed by atoms with E-state index in [1.165, 1.54) is 25.0 Å². The van der Waals surface area contributed by atoms with Gasteiger partial charge in [0, 0.05) is 51.4 Å². The van der Waals surface area contributed by atoms with E-state index in [0.29, 0.717) is 24.9 Å². The summed E-state index contributed by atoms with van der Waals surface area (Å²) < 4.78 is 32.4. The molecule has 4 rings (SSSR count). The molecule has 184 valence electrons. The molecule has 1 aliphatic heterocycles. The van der Waals surface area contributed by atoms with Crippen LogP contribution in [0.3, 0.4) is 0 Å². The molecule has 2 aliphatic rings. The summed E-state index contributed by atoms with van der Waals surface area (Å²) in [7, 11) is 3.46.